The van der Waals surface area contributed by atoms with Crippen LogP contribution in [-0.4, -0.2) is 34.2 Å². The number of ether oxygens (including phenoxy) is 2. The Morgan fingerprint density at radius 1 is 0.389 bits per heavy atom. The molecule has 0 saturated heterocycles. The van der Waals surface area contributed by atoms with E-state index in [2.05, 4.69) is 132 Å². The molecule has 0 aliphatic carbocycles. The first kappa shape index (κ1) is 32.8. The minimum atomic E-state index is 0.788. The summed E-state index contributed by atoms with van der Waals surface area (Å²) < 4.78 is 15.1. The topological polar surface area (TPSA) is 83.6 Å². The molecule has 0 fully saturated rings. The lowest BCUT2D eigenvalue weighted by Crippen LogP contribution is -2.25. The molecular weight excluding hydrogens is 669 g/mol. The van der Waals surface area contributed by atoms with Crippen molar-refractivity contribution in [2.45, 2.75) is 0 Å². The van der Waals surface area contributed by atoms with Gasteiger partial charge in [0, 0.05) is 68.6 Å². The van der Waals surface area contributed by atoms with Crippen molar-refractivity contribution in [2.24, 2.45) is 14.1 Å². The maximum Gasteiger partial charge on any atom is 0.169 e. The molecular formula is C46H38N6O2+2. The first-order valence-corrected chi connectivity index (χ1v) is 17.8. The minimum absolute atomic E-state index is 0.788. The fraction of sp³-hybridized carbons (Fsp3) is 0.0870. The van der Waals surface area contributed by atoms with Crippen LogP contribution in [0.15, 0.2) is 122 Å². The highest BCUT2D eigenvalue weighted by molar-refractivity contribution is 6.00. The number of nitrogens with one attached hydrogen (secondary N) is 2. The van der Waals surface area contributed by atoms with Gasteiger partial charge in [-0.25, -0.2) is 19.1 Å². The van der Waals surface area contributed by atoms with Gasteiger partial charge in [-0.15, -0.1) is 0 Å². The van der Waals surface area contributed by atoms with Gasteiger partial charge >= 0.3 is 0 Å². The lowest BCUT2D eigenvalue weighted by molar-refractivity contribution is -0.671. The number of fused-ring (bicyclic) bond motifs is 8. The summed E-state index contributed by atoms with van der Waals surface area (Å²) in [4.78, 5) is 18.4. The van der Waals surface area contributed by atoms with Crippen LogP contribution in [0.5, 0.6) is 11.5 Å². The van der Waals surface area contributed by atoms with E-state index < -0.39 is 0 Å². The number of aryl methyl sites for hydroxylation is 2. The highest BCUT2D eigenvalue weighted by Gasteiger charge is 2.20. The van der Waals surface area contributed by atoms with Crippen LogP contribution in [0.3, 0.4) is 0 Å². The third kappa shape index (κ3) is 5.93. The van der Waals surface area contributed by atoms with Crippen molar-refractivity contribution < 1.29 is 18.6 Å². The Morgan fingerprint density at radius 2 is 0.704 bits per heavy atom. The molecule has 0 spiro atoms. The second kappa shape index (κ2) is 13.5. The average molecular weight is 707 g/mol. The van der Waals surface area contributed by atoms with Gasteiger partial charge in [-0.3, -0.25) is 0 Å². The first-order chi connectivity index (χ1) is 26.4. The molecule has 7 aromatic rings. The largest absolute Gasteiger partial charge is 0.497 e. The molecule has 9 rings (SSSR count). The molecule has 0 saturated carbocycles. The van der Waals surface area contributed by atoms with E-state index in [0.717, 1.165) is 101 Å². The van der Waals surface area contributed by atoms with Crippen LogP contribution in [0, 0.1) is 0 Å². The van der Waals surface area contributed by atoms with Crippen LogP contribution >= 0.6 is 0 Å². The molecule has 54 heavy (non-hydrogen) atoms. The fourth-order valence-corrected chi connectivity index (χ4v) is 7.27. The van der Waals surface area contributed by atoms with Crippen LogP contribution in [0.4, 0.5) is 0 Å². The summed E-state index contributed by atoms with van der Waals surface area (Å²) in [6.45, 7) is 0. The van der Waals surface area contributed by atoms with Gasteiger partial charge in [0.25, 0.3) is 0 Å². The van der Waals surface area contributed by atoms with Crippen LogP contribution < -0.4 is 18.6 Å². The standard InChI is InChI=1S/C46H37N6O2/c1-51-25-21-31(22-26-51)45-39-17-13-35(47-39)43(29-5-9-33(53-3)10-6-29)37-15-19-41(49-37)46(32-23-27-52(2)28-24-32)42-20-16-38(50-42)44(36-14-18-40(45)48-36)30-7-11-34(54-4)12-8-30/h5-28H,1-4H3,(H,47,48,49,50)/q+1/p+1. The van der Waals surface area contributed by atoms with E-state index in [9.17, 15) is 0 Å². The summed E-state index contributed by atoms with van der Waals surface area (Å²) in [6.07, 6.45) is 16.7. The number of aromatic nitrogens is 6. The highest BCUT2D eigenvalue weighted by atomic mass is 16.5. The number of benzene rings is 2. The van der Waals surface area contributed by atoms with E-state index in [1.54, 1.807) is 14.2 Å². The molecule has 5 aromatic heterocycles. The molecule has 262 valence electrons. The lowest BCUT2D eigenvalue weighted by Gasteiger charge is -2.07. The van der Waals surface area contributed by atoms with E-state index >= 15 is 0 Å². The quantitative estimate of drug-likeness (QED) is 0.169. The van der Waals surface area contributed by atoms with Crippen LogP contribution in [-0.2, 0) is 14.1 Å². The van der Waals surface area contributed by atoms with E-state index in [-0.39, 0.29) is 0 Å². The van der Waals surface area contributed by atoms with Crippen molar-refractivity contribution in [3.8, 4) is 56.0 Å². The predicted molar refractivity (Wildman–Crippen MR) is 216 cm³/mol. The van der Waals surface area contributed by atoms with Gasteiger partial charge < -0.3 is 19.4 Å². The van der Waals surface area contributed by atoms with Crippen molar-refractivity contribution in [3.63, 3.8) is 0 Å². The van der Waals surface area contributed by atoms with Gasteiger partial charge in [0.1, 0.15) is 25.6 Å². The number of H-pyrrole nitrogens is 2. The predicted octanol–water partition coefficient (Wildman–Crippen LogP) is 8.99. The summed E-state index contributed by atoms with van der Waals surface area (Å²) >= 11 is 0. The van der Waals surface area contributed by atoms with Gasteiger partial charge in [0.2, 0.25) is 0 Å². The van der Waals surface area contributed by atoms with Crippen LogP contribution in [0.1, 0.15) is 22.8 Å². The molecule has 2 aliphatic rings. The number of hydrogen-bond donors (Lipinski definition) is 2. The Kier molecular flexibility index (Phi) is 8.20. The number of aromatic amines is 2. The summed E-state index contributed by atoms with van der Waals surface area (Å²) in [7, 11) is 7.42. The van der Waals surface area contributed by atoms with E-state index in [4.69, 9.17) is 19.4 Å². The van der Waals surface area contributed by atoms with Gasteiger partial charge in [-0.2, -0.15) is 0 Å². The van der Waals surface area contributed by atoms with Crippen molar-refractivity contribution >= 4 is 46.4 Å². The average Bonchev–Trinajstić information content (AvgIpc) is 4.05. The van der Waals surface area contributed by atoms with Crippen molar-refractivity contribution in [3.05, 3.63) is 145 Å². The number of methoxy groups -OCH3 is 2. The molecule has 2 aliphatic heterocycles. The Balaban J connectivity index is 1.45. The zero-order chi connectivity index (χ0) is 36.8. The molecule has 0 amide bonds. The molecule has 2 N–H and O–H groups in total. The highest BCUT2D eigenvalue weighted by Crippen LogP contribution is 2.38. The molecule has 0 atom stereocenters. The third-order valence-electron chi connectivity index (χ3n) is 10.0. The molecule has 8 nitrogen and oxygen atoms in total. The molecule has 2 aromatic carbocycles. The van der Waals surface area contributed by atoms with E-state index in [1.807, 2.05) is 47.5 Å². The molecule has 8 bridgehead atoms. The summed E-state index contributed by atoms with van der Waals surface area (Å²) in [6, 6.07) is 33.5. The maximum atomic E-state index is 5.53. The third-order valence-corrected chi connectivity index (χ3v) is 10.0. The van der Waals surface area contributed by atoms with Crippen LogP contribution in [0.2, 0.25) is 0 Å². The van der Waals surface area contributed by atoms with Gasteiger partial charge in [-0.1, -0.05) is 24.3 Å². The van der Waals surface area contributed by atoms with Crippen molar-refractivity contribution in [1.29, 1.82) is 0 Å². The molecule has 8 heteroatoms. The number of rotatable bonds is 6. The van der Waals surface area contributed by atoms with Gasteiger partial charge in [-0.05, 0) is 95.1 Å². The summed E-state index contributed by atoms with van der Waals surface area (Å²) in [5, 5.41) is 0. The Hall–Kier alpha value is -7.06. The second-order valence-corrected chi connectivity index (χ2v) is 13.5. The summed E-state index contributed by atoms with van der Waals surface area (Å²) in [5.74, 6) is 1.59. The first-order valence-electron chi connectivity index (χ1n) is 17.8. The normalized spacial score (nSPS) is 11.9. The molecule has 0 radical (unpaired) electrons. The Bertz CT molecular complexity index is 2630. The van der Waals surface area contributed by atoms with Crippen molar-refractivity contribution in [2.75, 3.05) is 14.2 Å². The zero-order valence-corrected chi connectivity index (χ0v) is 30.5. The Morgan fingerprint density at radius 3 is 1.07 bits per heavy atom. The van der Waals surface area contributed by atoms with Gasteiger partial charge in [0.05, 0.1) is 37.0 Å². The monoisotopic (exact) mass is 706 g/mol. The van der Waals surface area contributed by atoms with Gasteiger partial charge in [0.15, 0.2) is 24.8 Å². The fourth-order valence-electron chi connectivity index (χ4n) is 7.27. The number of hydrogen-bond acceptors (Lipinski definition) is 4. The number of pyridine rings is 2. The Labute approximate surface area is 313 Å². The number of nitrogens with zero attached hydrogens (tertiary/aromatic N) is 4. The summed E-state index contributed by atoms with van der Waals surface area (Å²) in [5.41, 5.74) is 15.3. The maximum absolute atomic E-state index is 5.53. The smallest absolute Gasteiger partial charge is 0.169 e. The van der Waals surface area contributed by atoms with E-state index in [1.165, 1.54) is 0 Å². The van der Waals surface area contributed by atoms with Crippen LogP contribution in [0.25, 0.3) is 90.9 Å². The second-order valence-electron chi connectivity index (χ2n) is 13.5. The molecule has 7 heterocycles. The van der Waals surface area contributed by atoms with Crippen molar-refractivity contribution in [1.82, 2.24) is 19.9 Å². The SMILES string of the molecule is COc1ccc(-c2c3nc(c(-c4cc[n+](C)cc4)c4ccc([nH]4)c(-c4ccc(OC)cc4)c4ccc([nH]4)c(-c4cc[n+](C)cc4)c4nc2C=C4)C=C3)cc1. The van der Waals surface area contributed by atoms with E-state index in [0.29, 0.717) is 0 Å². The zero-order valence-electron chi connectivity index (χ0n) is 30.5. The minimum Gasteiger partial charge on any atom is -0.497 e. The molecule has 0 unspecified atom stereocenters. The lowest BCUT2D eigenvalue weighted by atomic mass is 10.0.